The highest BCUT2D eigenvalue weighted by Gasteiger charge is 2.41. The molecule has 1 fully saturated rings. The van der Waals surface area contributed by atoms with Crippen LogP contribution < -0.4 is 20.3 Å². The molecule has 0 spiro atoms. The Bertz CT molecular complexity index is 1100. The minimum absolute atomic E-state index is 0.0106. The molecule has 8 nitrogen and oxygen atoms in total. The van der Waals surface area contributed by atoms with Crippen molar-refractivity contribution in [3.63, 3.8) is 0 Å². The maximum Gasteiger partial charge on any atom is 0.423 e. The van der Waals surface area contributed by atoms with Crippen molar-refractivity contribution in [2.24, 2.45) is 0 Å². The molecule has 1 aliphatic rings. The van der Waals surface area contributed by atoms with Crippen LogP contribution in [0, 0.1) is 0 Å². The number of hydrogen-bond acceptors (Lipinski definition) is 7. The molecule has 12 heteroatoms. The van der Waals surface area contributed by atoms with Gasteiger partial charge in [0.05, 0.1) is 23.9 Å². The van der Waals surface area contributed by atoms with E-state index in [-0.39, 0.29) is 30.3 Å². The van der Waals surface area contributed by atoms with Gasteiger partial charge in [0.1, 0.15) is 24.7 Å². The standard InChI is InChI=1S/C23H30F3N3O5Si/c1-35(2,3)11-10-33-15-29-21(30)20(23(24,25)26)19(13-27-29)28-9-5-7-17(28)14-34-18-8-4-6-16(12-18)22(31)32/h4,6,8,12-13,17H,5,7,9-11,14-15H2,1-3H3,(H,31,32)/p-1/t17-/m1/s1. The molecule has 1 saturated heterocycles. The van der Waals surface area contributed by atoms with Crippen LogP contribution in [0.3, 0.4) is 0 Å². The lowest BCUT2D eigenvalue weighted by atomic mass is 10.2. The third-order valence-electron chi connectivity index (χ3n) is 5.72. The van der Waals surface area contributed by atoms with E-state index in [9.17, 15) is 27.9 Å². The van der Waals surface area contributed by atoms with Crippen LogP contribution in [-0.4, -0.2) is 49.6 Å². The molecule has 0 unspecified atom stereocenters. The first kappa shape index (κ1) is 26.7. The Labute approximate surface area is 202 Å². The summed E-state index contributed by atoms with van der Waals surface area (Å²) in [5.74, 6) is -1.09. The van der Waals surface area contributed by atoms with Crippen molar-refractivity contribution >= 4 is 19.7 Å². The highest BCUT2D eigenvalue weighted by Crippen LogP contribution is 2.36. The van der Waals surface area contributed by atoms with Crippen molar-refractivity contribution in [2.75, 3.05) is 24.7 Å². The van der Waals surface area contributed by atoms with Crippen LogP contribution >= 0.6 is 0 Å². The first-order chi connectivity index (χ1) is 16.4. The van der Waals surface area contributed by atoms with Gasteiger partial charge in [-0.3, -0.25) is 4.79 Å². The number of hydrogen-bond donors (Lipinski definition) is 0. The summed E-state index contributed by atoms with van der Waals surface area (Å²) in [5, 5.41) is 15.0. The molecular weight excluding hydrogens is 483 g/mol. The van der Waals surface area contributed by atoms with Gasteiger partial charge in [-0.1, -0.05) is 31.8 Å². The molecule has 0 bridgehead atoms. The molecule has 0 radical (unpaired) electrons. The Balaban J connectivity index is 1.79. The minimum atomic E-state index is -4.88. The van der Waals surface area contributed by atoms with Gasteiger partial charge in [0.25, 0.3) is 5.56 Å². The number of carboxylic acid groups (broad SMARTS) is 1. The number of carbonyl (C=O) groups is 1. The van der Waals surface area contributed by atoms with Gasteiger partial charge in [-0.15, -0.1) is 0 Å². The van der Waals surface area contributed by atoms with Crippen LogP contribution in [0.5, 0.6) is 5.75 Å². The van der Waals surface area contributed by atoms with Gasteiger partial charge in [0.2, 0.25) is 0 Å². The molecule has 2 aromatic rings. The van der Waals surface area contributed by atoms with E-state index in [1.807, 2.05) is 0 Å². The van der Waals surface area contributed by atoms with Gasteiger partial charge in [0.15, 0.2) is 0 Å². The van der Waals surface area contributed by atoms with E-state index in [0.717, 1.165) is 12.2 Å². The average Bonchev–Trinajstić information content (AvgIpc) is 3.23. The molecular formula is C23H29F3N3O5Si-. The number of aromatic carboxylic acids is 1. The van der Waals surface area contributed by atoms with Gasteiger partial charge in [-0.25, -0.2) is 4.68 Å². The van der Waals surface area contributed by atoms with Crippen LogP contribution in [0.1, 0.15) is 28.8 Å². The number of alkyl halides is 3. The zero-order chi connectivity index (χ0) is 25.8. The Morgan fingerprint density at radius 1 is 1.29 bits per heavy atom. The lowest BCUT2D eigenvalue weighted by Gasteiger charge is -2.29. The first-order valence-corrected chi connectivity index (χ1v) is 15.0. The lowest BCUT2D eigenvalue weighted by molar-refractivity contribution is -0.255. The molecule has 0 saturated carbocycles. The molecule has 0 N–H and O–H groups in total. The van der Waals surface area contributed by atoms with E-state index in [1.165, 1.54) is 23.1 Å². The van der Waals surface area contributed by atoms with Crippen LogP contribution in [0.2, 0.25) is 25.7 Å². The number of ether oxygens (including phenoxy) is 2. The maximum atomic E-state index is 14.0. The molecule has 2 heterocycles. The van der Waals surface area contributed by atoms with Crippen molar-refractivity contribution in [2.45, 2.75) is 57.5 Å². The molecule has 35 heavy (non-hydrogen) atoms. The molecule has 192 valence electrons. The average molecular weight is 513 g/mol. The van der Waals surface area contributed by atoms with Gasteiger partial charge in [-0.2, -0.15) is 18.3 Å². The number of benzene rings is 1. The number of anilines is 1. The van der Waals surface area contributed by atoms with Crippen molar-refractivity contribution in [1.29, 1.82) is 0 Å². The van der Waals surface area contributed by atoms with Gasteiger partial charge >= 0.3 is 6.18 Å². The third kappa shape index (κ3) is 7.07. The lowest BCUT2D eigenvalue weighted by Crippen LogP contribution is -2.40. The number of halogens is 3. The maximum absolute atomic E-state index is 14.0. The summed E-state index contributed by atoms with van der Waals surface area (Å²) in [4.78, 5) is 25.3. The van der Waals surface area contributed by atoms with E-state index in [2.05, 4.69) is 24.7 Å². The predicted octanol–water partition coefficient (Wildman–Crippen LogP) is 2.99. The summed E-state index contributed by atoms with van der Waals surface area (Å²) in [7, 11) is -1.39. The Morgan fingerprint density at radius 2 is 2.03 bits per heavy atom. The Morgan fingerprint density at radius 3 is 2.69 bits per heavy atom. The number of nitrogens with zero attached hydrogens (tertiary/aromatic N) is 3. The summed E-state index contributed by atoms with van der Waals surface area (Å²) >= 11 is 0. The highest BCUT2D eigenvalue weighted by atomic mass is 28.3. The van der Waals surface area contributed by atoms with Crippen molar-refractivity contribution in [3.05, 3.63) is 51.9 Å². The molecule has 1 aromatic carbocycles. The quantitative estimate of drug-likeness (QED) is 0.357. The summed E-state index contributed by atoms with van der Waals surface area (Å²) in [6.07, 6.45) is -2.68. The van der Waals surface area contributed by atoms with Crippen molar-refractivity contribution in [3.8, 4) is 5.75 Å². The topological polar surface area (TPSA) is 96.7 Å². The predicted molar refractivity (Wildman–Crippen MR) is 124 cm³/mol. The zero-order valence-corrected chi connectivity index (χ0v) is 20.9. The SMILES string of the molecule is C[Si](C)(C)CCOCn1ncc(N2CCC[C@@H]2COc2cccc(C(=O)[O-])c2)c(C(F)(F)F)c1=O. The normalized spacial score (nSPS) is 16.5. The first-order valence-electron chi connectivity index (χ1n) is 11.3. The summed E-state index contributed by atoms with van der Waals surface area (Å²) in [5.41, 5.74) is -2.90. The number of carboxylic acids is 1. The van der Waals surface area contributed by atoms with E-state index < -0.39 is 37.4 Å². The van der Waals surface area contributed by atoms with Crippen LogP contribution in [-0.2, 0) is 17.6 Å². The van der Waals surface area contributed by atoms with Crippen molar-refractivity contribution in [1.82, 2.24) is 9.78 Å². The largest absolute Gasteiger partial charge is 0.545 e. The Hall–Kier alpha value is -2.86. The monoisotopic (exact) mass is 512 g/mol. The highest BCUT2D eigenvalue weighted by molar-refractivity contribution is 6.76. The van der Waals surface area contributed by atoms with Crippen LogP contribution in [0.15, 0.2) is 35.3 Å². The summed E-state index contributed by atoms with van der Waals surface area (Å²) in [6.45, 7) is 6.74. The van der Waals surface area contributed by atoms with Crippen LogP contribution in [0.4, 0.5) is 18.9 Å². The fraction of sp³-hybridized carbons (Fsp3) is 0.522. The van der Waals surface area contributed by atoms with Gasteiger partial charge in [0, 0.05) is 26.8 Å². The summed E-state index contributed by atoms with van der Waals surface area (Å²) < 4.78 is 53.8. The van der Waals surface area contributed by atoms with Gasteiger partial charge < -0.3 is 24.3 Å². The molecule has 1 aliphatic heterocycles. The Kier molecular flexibility index (Phi) is 8.26. The van der Waals surface area contributed by atoms with Crippen LogP contribution in [0.25, 0.3) is 0 Å². The fourth-order valence-electron chi connectivity index (χ4n) is 3.82. The van der Waals surface area contributed by atoms with E-state index in [1.54, 1.807) is 6.07 Å². The van der Waals surface area contributed by atoms with E-state index >= 15 is 0 Å². The second kappa shape index (κ2) is 10.8. The second-order valence-electron chi connectivity index (χ2n) is 9.67. The molecule has 1 aromatic heterocycles. The van der Waals surface area contributed by atoms with Gasteiger partial charge in [-0.05, 0) is 31.0 Å². The number of rotatable bonds is 10. The van der Waals surface area contributed by atoms with Crippen molar-refractivity contribution < 1.29 is 32.5 Å². The molecule has 0 amide bonds. The second-order valence-corrected chi connectivity index (χ2v) is 15.3. The number of aromatic nitrogens is 2. The summed E-state index contributed by atoms with van der Waals surface area (Å²) in [6, 6.07) is 6.05. The minimum Gasteiger partial charge on any atom is -0.545 e. The van der Waals surface area contributed by atoms with E-state index in [4.69, 9.17) is 9.47 Å². The third-order valence-corrected chi connectivity index (χ3v) is 7.42. The molecule has 0 aliphatic carbocycles. The fourth-order valence-corrected chi connectivity index (χ4v) is 4.57. The molecule has 1 atom stereocenters. The van der Waals surface area contributed by atoms with E-state index in [0.29, 0.717) is 30.7 Å². The zero-order valence-electron chi connectivity index (χ0n) is 19.9. The molecule has 3 rings (SSSR count). The number of carbonyl (C=O) groups excluding carboxylic acids is 1. The smallest absolute Gasteiger partial charge is 0.423 e.